The monoisotopic (exact) mass is 285 g/mol. The lowest BCUT2D eigenvalue weighted by atomic mass is 10.1. The third-order valence-electron chi connectivity index (χ3n) is 4.35. The average Bonchev–Trinajstić information content (AvgIpc) is 2.44. The summed E-state index contributed by atoms with van der Waals surface area (Å²) in [7, 11) is 0. The number of nitrogens with one attached hydrogen (secondary N) is 1. The average molecular weight is 286 g/mol. The van der Waals surface area contributed by atoms with Crippen LogP contribution in [-0.4, -0.2) is 61.2 Å². The Morgan fingerprint density at radius 2 is 1.15 bits per heavy atom. The van der Waals surface area contributed by atoms with Crippen molar-refractivity contribution in [3.05, 3.63) is 0 Å². The fourth-order valence-corrected chi connectivity index (χ4v) is 2.73. The van der Waals surface area contributed by atoms with Crippen molar-refractivity contribution in [2.75, 3.05) is 39.3 Å². The molecule has 0 aliphatic heterocycles. The Labute approximate surface area is 128 Å². The second-order valence-corrected chi connectivity index (χ2v) is 5.95. The van der Waals surface area contributed by atoms with E-state index in [1.165, 1.54) is 58.5 Å². The van der Waals surface area contributed by atoms with Gasteiger partial charge in [-0.1, -0.05) is 27.7 Å². The molecule has 0 saturated heterocycles. The van der Waals surface area contributed by atoms with Gasteiger partial charge in [0.05, 0.1) is 0 Å². The second-order valence-electron chi connectivity index (χ2n) is 5.95. The van der Waals surface area contributed by atoms with Crippen LogP contribution in [0.1, 0.15) is 60.8 Å². The van der Waals surface area contributed by atoms with Crippen molar-refractivity contribution < 1.29 is 0 Å². The van der Waals surface area contributed by atoms with Gasteiger partial charge in [0.1, 0.15) is 0 Å². The predicted molar refractivity (Wildman–Crippen MR) is 91.5 cm³/mol. The molecule has 0 amide bonds. The Bertz CT molecular complexity index is 200. The Kier molecular flexibility index (Phi) is 12.5. The van der Waals surface area contributed by atoms with E-state index in [9.17, 15) is 0 Å². The van der Waals surface area contributed by atoms with E-state index in [2.05, 4.69) is 56.7 Å². The van der Waals surface area contributed by atoms with Crippen molar-refractivity contribution in [2.45, 2.75) is 72.9 Å². The van der Waals surface area contributed by atoms with E-state index in [0.717, 1.165) is 0 Å². The summed E-state index contributed by atoms with van der Waals surface area (Å²) < 4.78 is 0. The van der Waals surface area contributed by atoms with Crippen LogP contribution in [0, 0.1) is 0 Å². The zero-order chi connectivity index (χ0) is 15.4. The van der Waals surface area contributed by atoms with Crippen molar-refractivity contribution in [2.24, 2.45) is 0 Å². The molecule has 2 unspecified atom stereocenters. The molecule has 0 heterocycles. The van der Waals surface area contributed by atoms with E-state index in [-0.39, 0.29) is 0 Å². The highest BCUT2D eigenvalue weighted by molar-refractivity contribution is 4.70. The molecule has 0 rings (SSSR count). The maximum Gasteiger partial charge on any atom is 0.00533 e. The van der Waals surface area contributed by atoms with Crippen LogP contribution in [-0.2, 0) is 0 Å². The van der Waals surface area contributed by atoms with Gasteiger partial charge < -0.3 is 15.1 Å². The smallest absolute Gasteiger partial charge is 0.00533 e. The van der Waals surface area contributed by atoms with Gasteiger partial charge >= 0.3 is 0 Å². The fourth-order valence-electron chi connectivity index (χ4n) is 2.73. The number of rotatable bonds is 13. The molecule has 0 fully saturated rings. The quantitative estimate of drug-likeness (QED) is 0.560. The topological polar surface area (TPSA) is 18.5 Å². The van der Waals surface area contributed by atoms with Crippen LogP contribution < -0.4 is 5.32 Å². The minimum absolute atomic E-state index is 0.624. The van der Waals surface area contributed by atoms with E-state index in [4.69, 9.17) is 0 Å². The van der Waals surface area contributed by atoms with E-state index in [0.29, 0.717) is 12.1 Å². The van der Waals surface area contributed by atoms with Gasteiger partial charge in [-0.15, -0.1) is 0 Å². The lowest BCUT2D eigenvalue weighted by Crippen LogP contribution is -2.38. The van der Waals surface area contributed by atoms with Gasteiger partial charge in [0.2, 0.25) is 0 Å². The standard InChI is InChI=1S/C17H39N3/c1-7-19(8-2)14-11-12-16(5)18-17(6)13-15-20(9-3)10-4/h16-18H,7-15H2,1-6H3. The molecule has 0 saturated carbocycles. The number of nitrogens with zero attached hydrogens (tertiary/aromatic N) is 2. The summed E-state index contributed by atoms with van der Waals surface area (Å²) in [6.07, 6.45) is 3.84. The van der Waals surface area contributed by atoms with Gasteiger partial charge in [-0.3, -0.25) is 0 Å². The van der Waals surface area contributed by atoms with Crippen LogP contribution in [0.3, 0.4) is 0 Å². The van der Waals surface area contributed by atoms with E-state index in [1.807, 2.05) is 0 Å². The summed E-state index contributed by atoms with van der Waals surface area (Å²) in [4.78, 5) is 5.01. The molecular weight excluding hydrogens is 246 g/mol. The fraction of sp³-hybridized carbons (Fsp3) is 1.00. The van der Waals surface area contributed by atoms with Crippen molar-refractivity contribution in [3.8, 4) is 0 Å². The third-order valence-corrected chi connectivity index (χ3v) is 4.35. The second kappa shape index (κ2) is 12.6. The number of hydrogen-bond acceptors (Lipinski definition) is 3. The van der Waals surface area contributed by atoms with Crippen LogP contribution in [0.5, 0.6) is 0 Å². The summed E-state index contributed by atoms with van der Waals surface area (Å²) in [5.41, 5.74) is 0. The molecule has 1 N–H and O–H groups in total. The minimum Gasteiger partial charge on any atom is -0.312 e. The Balaban J connectivity index is 3.71. The van der Waals surface area contributed by atoms with Gasteiger partial charge in [0, 0.05) is 12.1 Å². The maximum atomic E-state index is 3.75. The summed E-state index contributed by atoms with van der Waals surface area (Å²) >= 11 is 0. The van der Waals surface area contributed by atoms with Crippen molar-refractivity contribution in [1.29, 1.82) is 0 Å². The molecular formula is C17H39N3. The van der Waals surface area contributed by atoms with Crippen molar-refractivity contribution in [1.82, 2.24) is 15.1 Å². The summed E-state index contributed by atoms with van der Waals surface area (Å²) in [5.74, 6) is 0. The first-order valence-corrected chi connectivity index (χ1v) is 8.77. The lowest BCUT2D eigenvalue weighted by Gasteiger charge is -2.24. The zero-order valence-electron chi connectivity index (χ0n) is 14.9. The molecule has 0 radical (unpaired) electrons. The van der Waals surface area contributed by atoms with Crippen LogP contribution in [0.15, 0.2) is 0 Å². The SMILES string of the molecule is CCN(CC)CCCC(C)NC(C)CCN(CC)CC. The highest BCUT2D eigenvalue weighted by Crippen LogP contribution is 2.03. The maximum absolute atomic E-state index is 3.75. The number of hydrogen-bond donors (Lipinski definition) is 1. The zero-order valence-corrected chi connectivity index (χ0v) is 14.9. The van der Waals surface area contributed by atoms with Gasteiger partial charge in [-0.2, -0.15) is 0 Å². The lowest BCUT2D eigenvalue weighted by molar-refractivity contribution is 0.271. The Hall–Kier alpha value is -0.120. The van der Waals surface area contributed by atoms with E-state index < -0.39 is 0 Å². The first-order valence-electron chi connectivity index (χ1n) is 8.77. The van der Waals surface area contributed by atoms with Crippen molar-refractivity contribution in [3.63, 3.8) is 0 Å². The predicted octanol–water partition coefficient (Wildman–Crippen LogP) is 3.21. The van der Waals surface area contributed by atoms with Crippen LogP contribution >= 0.6 is 0 Å². The first kappa shape index (κ1) is 19.9. The van der Waals surface area contributed by atoms with Crippen LogP contribution in [0.2, 0.25) is 0 Å². The highest BCUT2D eigenvalue weighted by atomic mass is 15.1. The van der Waals surface area contributed by atoms with E-state index in [1.54, 1.807) is 0 Å². The summed E-state index contributed by atoms with van der Waals surface area (Å²) in [6, 6.07) is 1.26. The summed E-state index contributed by atoms with van der Waals surface area (Å²) in [6.45, 7) is 20.8. The van der Waals surface area contributed by atoms with Gasteiger partial charge in [-0.05, 0) is 72.4 Å². The Morgan fingerprint density at radius 3 is 1.65 bits per heavy atom. The molecule has 122 valence electrons. The van der Waals surface area contributed by atoms with Gasteiger partial charge in [0.25, 0.3) is 0 Å². The molecule has 2 atom stereocenters. The molecule has 0 bridgehead atoms. The third kappa shape index (κ3) is 9.73. The minimum atomic E-state index is 0.624. The van der Waals surface area contributed by atoms with Crippen LogP contribution in [0.25, 0.3) is 0 Å². The molecule has 3 heteroatoms. The van der Waals surface area contributed by atoms with Crippen LogP contribution in [0.4, 0.5) is 0 Å². The molecule has 0 spiro atoms. The molecule has 0 aliphatic rings. The highest BCUT2D eigenvalue weighted by Gasteiger charge is 2.09. The molecule has 0 aromatic heterocycles. The molecule has 0 aromatic rings. The Morgan fingerprint density at radius 1 is 0.700 bits per heavy atom. The van der Waals surface area contributed by atoms with Gasteiger partial charge in [-0.25, -0.2) is 0 Å². The molecule has 0 aromatic carbocycles. The summed E-state index contributed by atoms with van der Waals surface area (Å²) in [5, 5.41) is 3.75. The normalized spacial score (nSPS) is 15.0. The van der Waals surface area contributed by atoms with E-state index >= 15 is 0 Å². The first-order chi connectivity index (χ1) is 9.57. The van der Waals surface area contributed by atoms with Gasteiger partial charge in [0.15, 0.2) is 0 Å². The molecule has 0 aliphatic carbocycles. The molecule has 3 nitrogen and oxygen atoms in total. The van der Waals surface area contributed by atoms with Crippen molar-refractivity contribution >= 4 is 0 Å². The molecule has 20 heavy (non-hydrogen) atoms. The largest absolute Gasteiger partial charge is 0.312 e.